The molecule has 0 saturated heterocycles. The molecule has 2 N–H and O–H groups in total. The third-order valence-electron chi connectivity index (χ3n) is 2.24. The first-order valence-electron chi connectivity index (χ1n) is 4.46. The molecule has 1 aromatic carbocycles. The second kappa shape index (κ2) is 4.19. The zero-order valence-electron chi connectivity index (χ0n) is 8.08. The predicted molar refractivity (Wildman–Crippen MR) is 53.9 cm³/mol. The van der Waals surface area contributed by atoms with Gasteiger partial charge in [0.05, 0.1) is 0 Å². The van der Waals surface area contributed by atoms with Gasteiger partial charge in [-0.15, -0.1) is 0 Å². The van der Waals surface area contributed by atoms with E-state index in [-0.39, 0.29) is 5.78 Å². The van der Waals surface area contributed by atoms with Crippen LogP contribution >= 0.6 is 0 Å². The monoisotopic (exact) mass is 177 g/mol. The van der Waals surface area contributed by atoms with Crippen molar-refractivity contribution in [2.75, 3.05) is 6.54 Å². The highest BCUT2D eigenvalue weighted by Gasteiger charge is 2.03. The van der Waals surface area contributed by atoms with E-state index < -0.39 is 0 Å². The molecule has 2 heteroatoms. The lowest BCUT2D eigenvalue weighted by atomic mass is 9.99. The molecule has 1 unspecified atom stereocenters. The van der Waals surface area contributed by atoms with Crippen LogP contribution in [0.1, 0.15) is 35.7 Å². The van der Waals surface area contributed by atoms with Gasteiger partial charge < -0.3 is 5.73 Å². The van der Waals surface area contributed by atoms with Crippen LogP contribution in [0.2, 0.25) is 0 Å². The summed E-state index contributed by atoms with van der Waals surface area (Å²) < 4.78 is 0. The van der Waals surface area contributed by atoms with Gasteiger partial charge in [-0.05, 0) is 24.9 Å². The summed E-state index contributed by atoms with van der Waals surface area (Å²) in [5.41, 5.74) is 7.48. The van der Waals surface area contributed by atoms with Crippen LogP contribution in [0, 0.1) is 0 Å². The Morgan fingerprint density at radius 1 is 1.38 bits per heavy atom. The Morgan fingerprint density at radius 2 is 1.92 bits per heavy atom. The van der Waals surface area contributed by atoms with Gasteiger partial charge in [0, 0.05) is 5.56 Å². The van der Waals surface area contributed by atoms with Crippen molar-refractivity contribution in [3.8, 4) is 0 Å². The van der Waals surface area contributed by atoms with Crippen molar-refractivity contribution < 1.29 is 4.79 Å². The molecule has 0 spiro atoms. The van der Waals surface area contributed by atoms with Gasteiger partial charge in [-0.1, -0.05) is 31.2 Å². The first-order chi connectivity index (χ1) is 6.15. The number of hydrogen-bond donors (Lipinski definition) is 1. The molecule has 0 aliphatic carbocycles. The molecule has 1 aromatic rings. The number of carbonyl (C=O) groups is 1. The second-order valence-corrected chi connectivity index (χ2v) is 3.31. The summed E-state index contributed by atoms with van der Waals surface area (Å²) in [5, 5.41) is 0. The number of rotatable bonds is 3. The van der Waals surface area contributed by atoms with Crippen molar-refractivity contribution >= 4 is 5.78 Å². The van der Waals surface area contributed by atoms with Gasteiger partial charge in [-0.3, -0.25) is 4.79 Å². The maximum Gasteiger partial charge on any atom is 0.159 e. The lowest BCUT2D eigenvalue weighted by molar-refractivity contribution is 0.101. The van der Waals surface area contributed by atoms with E-state index in [9.17, 15) is 4.79 Å². The molecule has 0 aliphatic rings. The molecule has 0 fully saturated rings. The van der Waals surface area contributed by atoms with Crippen molar-refractivity contribution in [1.29, 1.82) is 0 Å². The number of hydrogen-bond acceptors (Lipinski definition) is 2. The lowest BCUT2D eigenvalue weighted by Crippen LogP contribution is -2.08. The van der Waals surface area contributed by atoms with Crippen LogP contribution in [0.3, 0.4) is 0 Å². The second-order valence-electron chi connectivity index (χ2n) is 3.31. The average molecular weight is 177 g/mol. The molecule has 0 heterocycles. The van der Waals surface area contributed by atoms with Crippen molar-refractivity contribution in [2.24, 2.45) is 5.73 Å². The lowest BCUT2D eigenvalue weighted by Gasteiger charge is -2.08. The van der Waals surface area contributed by atoms with Gasteiger partial charge in [-0.25, -0.2) is 0 Å². The number of nitrogens with two attached hydrogens (primary N) is 1. The van der Waals surface area contributed by atoms with Gasteiger partial charge in [-0.2, -0.15) is 0 Å². The molecule has 0 bridgehead atoms. The van der Waals surface area contributed by atoms with Crippen molar-refractivity contribution in [3.05, 3.63) is 35.4 Å². The van der Waals surface area contributed by atoms with Gasteiger partial charge in [0.15, 0.2) is 5.78 Å². The quantitative estimate of drug-likeness (QED) is 0.717. The Labute approximate surface area is 78.8 Å². The smallest absolute Gasteiger partial charge is 0.159 e. The van der Waals surface area contributed by atoms with Gasteiger partial charge in [0.25, 0.3) is 0 Å². The number of Topliss-reactive ketones (excluding diaryl/α,β-unsaturated/α-hetero) is 1. The van der Waals surface area contributed by atoms with Crippen molar-refractivity contribution in [3.63, 3.8) is 0 Å². The fourth-order valence-corrected chi connectivity index (χ4v) is 1.18. The van der Waals surface area contributed by atoms with E-state index in [2.05, 4.69) is 6.92 Å². The Balaban J connectivity index is 2.87. The van der Waals surface area contributed by atoms with Crippen LogP contribution in [0.5, 0.6) is 0 Å². The number of carbonyl (C=O) groups excluding carboxylic acids is 1. The van der Waals surface area contributed by atoms with Crippen molar-refractivity contribution in [1.82, 2.24) is 0 Å². The predicted octanol–water partition coefficient (Wildman–Crippen LogP) is 1.95. The molecular weight excluding hydrogens is 162 g/mol. The minimum atomic E-state index is 0.104. The van der Waals surface area contributed by atoms with E-state index in [0.29, 0.717) is 12.5 Å². The Bertz CT molecular complexity index is 289. The Morgan fingerprint density at radius 3 is 2.31 bits per heavy atom. The highest BCUT2D eigenvalue weighted by molar-refractivity contribution is 5.94. The topological polar surface area (TPSA) is 43.1 Å². The van der Waals surface area contributed by atoms with Crippen LogP contribution in [-0.2, 0) is 0 Å². The van der Waals surface area contributed by atoms with E-state index in [0.717, 1.165) is 5.56 Å². The van der Waals surface area contributed by atoms with Gasteiger partial charge >= 0.3 is 0 Å². The third-order valence-corrected chi connectivity index (χ3v) is 2.24. The standard InChI is InChI=1S/C11H15NO/c1-8(7-12)10-3-5-11(6-4-10)9(2)13/h3-6,8H,7,12H2,1-2H3. The highest BCUT2D eigenvalue weighted by Crippen LogP contribution is 2.14. The summed E-state index contributed by atoms with van der Waals surface area (Å²) in [4.78, 5) is 11.0. The summed E-state index contributed by atoms with van der Waals surface area (Å²) in [6, 6.07) is 7.64. The highest BCUT2D eigenvalue weighted by atomic mass is 16.1. The van der Waals surface area contributed by atoms with Gasteiger partial charge in [0.1, 0.15) is 0 Å². The van der Waals surface area contributed by atoms with Crippen LogP contribution in [-0.4, -0.2) is 12.3 Å². The molecule has 0 amide bonds. The fraction of sp³-hybridized carbons (Fsp3) is 0.364. The van der Waals surface area contributed by atoms with Crippen LogP contribution in [0.15, 0.2) is 24.3 Å². The zero-order valence-corrected chi connectivity index (χ0v) is 8.08. The van der Waals surface area contributed by atoms with E-state index in [1.54, 1.807) is 6.92 Å². The van der Waals surface area contributed by atoms with Gasteiger partial charge in [0.2, 0.25) is 0 Å². The summed E-state index contributed by atoms with van der Waals surface area (Å²) in [6.45, 7) is 4.28. The third kappa shape index (κ3) is 2.39. The fourth-order valence-electron chi connectivity index (χ4n) is 1.18. The summed E-state index contributed by atoms with van der Waals surface area (Å²) in [7, 11) is 0. The Hall–Kier alpha value is -1.15. The Kier molecular flexibility index (Phi) is 3.20. The number of benzene rings is 1. The van der Waals surface area contributed by atoms with Crippen molar-refractivity contribution in [2.45, 2.75) is 19.8 Å². The molecule has 0 aliphatic heterocycles. The largest absolute Gasteiger partial charge is 0.330 e. The molecule has 70 valence electrons. The maximum atomic E-state index is 11.0. The summed E-state index contributed by atoms with van der Waals surface area (Å²) in [5.74, 6) is 0.466. The molecule has 2 nitrogen and oxygen atoms in total. The minimum Gasteiger partial charge on any atom is -0.330 e. The van der Waals surface area contributed by atoms with E-state index in [4.69, 9.17) is 5.73 Å². The summed E-state index contributed by atoms with van der Waals surface area (Å²) in [6.07, 6.45) is 0. The molecule has 13 heavy (non-hydrogen) atoms. The molecule has 0 aromatic heterocycles. The number of ketones is 1. The molecule has 0 radical (unpaired) electrons. The SMILES string of the molecule is CC(=O)c1ccc(C(C)CN)cc1. The normalized spacial score (nSPS) is 12.5. The summed E-state index contributed by atoms with van der Waals surface area (Å²) >= 11 is 0. The van der Waals surface area contributed by atoms with E-state index in [1.807, 2.05) is 24.3 Å². The minimum absolute atomic E-state index is 0.104. The van der Waals surface area contributed by atoms with Crippen LogP contribution in [0.25, 0.3) is 0 Å². The molecule has 1 rings (SSSR count). The van der Waals surface area contributed by atoms with Crippen LogP contribution < -0.4 is 5.73 Å². The maximum absolute atomic E-state index is 11.0. The molecular formula is C11H15NO. The van der Waals surface area contributed by atoms with E-state index >= 15 is 0 Å². The molecule has 0 saturated carbocycles. The van der Waals surface area contributed by atoms with E-state index in [1.165, 1.54) is 5.56 Å². The first kappa shape index (κ1) is 9.93. The zero-order chi connectivity index (χ0) is 9.84. The average Bonchev–Trinajstić information content (AvgIpc) is 2.17. The molecule has 1 atom stereocenters. The van der Waals surface area contributed by atoms with Crippen LogP contribution in [0.4, 0.5) is 0 Å². The first-order valence-corrected chi connectivity index (χ1v) is 4.46.